The average molecular weight is 440 g/mol. The van der Waals surface area contributed by atoms with E-state index in [-0.39, 0.29) is 17.9 Å². The molecule has 1 atom stereocenters. The third-order valence-corrected chi connectivity index (χ3v) is 5.51. The summed E-state index contributed by atoms with van der Waals surface area (Å²) in [5, 5.41) is 5.95. The number of anilines is 1. The number of nitrogens with one attached hydrogen (secondary N) is 2. The van der Waals surface area contributed by atoms with Crippen molar-refractivity contribution in [1.29, 1.82) is 0 Å². The lowest BCUT2D eigenvalue weighted by Crippen LogP contribution is -2.43. The van der Waals surface area contributed by atoms with Crippen molar-refractivity contribution in [3.8, 4) is 5.75 Å². The summed E-state index contributed by atoms with van der Waals surface area (Å²) in [5.74, 6) is 0.526. The Labute approximate surface area is 190 Å². The monoisotopic (exact) mass is 439 g/mol. The molecule has 2 amide bonds. The van der Waals surface area contributed by atoms with E-state index in [9.17, 15) is 9.59 Å². The smallest absolute Gasteiger partial charge is 0.251 e. The highest BCUT2D eigenvalue weighted by Gasteiger charge is 2.24. The van der Waals surface area contributed by atoms with Crippen molar-refractivity contribution < 1.29 is 19.1 Å². The molecule has 1 aliphatic rings. The lowest BCUT2D eigenvalue weighted by atomic mass is 9.95. The largest absolute Gasteiger partial charge is 0.497 e. The molecule has 32 heavy (non-hydrogen) atoms. The maximum Gasteiger partial charge on any atom is 0.251 e. The summed E-state index contributed by atoms with van der Waals surface area (Å²) in [6, 6.07) is 15.0. The van der Waals surface area contributed by atoms with Gasteiger partial charge in [0, 0.05) is 36.3 Å². The quantitative estimate of drug-likeness (QED) is 0.691. The lowest BCUT2D eigenvalue weighted by molar-refractivity contribution is -0.123. The lowest BCUT2D eigenvalue weighted by Gasteiger charge is -2.35. The van der Waals surface area contributed by atoms with Crippen molar-refractivity contribution in [3.63, 3.8) is 0 Å². The summed E-state index contributed by atoms with van der Waals surface area (Å²) in [6.07, 6.45) is 0. The minimum Gasteiger partial charge on any atom is -0.497 e. The van der Waals surface area contributed by atoms with Gasteiger partial charge in [-0.1, -0.05) is 39.0 Å². The van der Waals surface area contributed by atoms with Gasteiger partial charge in [0.2, 0.25) is 5.91 Å². The van der Waals surface area contributed by atoms with Crippen LogP contribution in [0.2, 0.25) is 0 Å². The number of carbonyl (C=O) groups excluding carboxylic acids is 2. The molecule has 0 spiro atoms. The number of hydrogen-bond acceptors (Lipinski definition) is 5. The highest BCUT2D eigenvalue weighted by Crippen LogP contribution is 2.24. The van der Waals surface area contributed by atoms with E-state index in [1.54, 1.807) is 31.4 Å². The number of hydrogen-bond donors (Lipinski definition) is 2. The van der Waals surface area contributed by atoms with Crippen LogP contribution in [-0.2, 0) is 9.53 Å². The fourth-order valence-corrected chi connectivity index (χ4v) is 3.52. The standard InChI is InChI=1S/C25H33N3O4/c1-25(2,3)24(30)27-20-7-5-6-19(16-20)23(29)26-17-22(28-12-14-32-15-13-28)18-8-10-21(31-4)11-9-18/h5-11,16,22H,12-15,17H2,1-4H3,(H,26,29)(H,27,30)/t22-/m1/s1. The summed E-state index contributed by atoms with van der Waals surface area (Å²) in [4.78, 5) is 27.5. The van der Waals surface area contributed by atoms with Crippen LogP contribution in [0.4, 0.5) is 5.69 Å². The van der Waals surface area contributed by atoms with Gasteiger partial charge in [0.05, 0.1) is 26.4 Å². The van der Waals surface area contributed by atoms with Gasteiger partial charge in [-0.05, 0) is 35.9 Å². The van der Waals surface area contributed by atoms with Crippen LogP contribution in [0, 0.1) is 5.41 Å². The van der Waals surface area contributed by atoms with Crippen LogP contribution >= 0.6 is 0 Å². The van der Waals surface area contributed by atoms with Gasteiger partial charge in [-0.2, -0.15) is 0 Å². The highest BCUT2D eigenvalue weighted by molar-refractivity contribution is 5.98. The van der Waals surface area contributed by atoms with E-state index in [4.69, 9.17) is 9.47 Å². The number of ether oxygens (including phenoxy) is 2. The minimum absolute atomic E-state index is 0.0255. The highest BCUT2D eigenvalue weighted by atomic mass is 16.5. The fourth-order valence-electron chi connectivity index (χ4n) is 3.52. The van der Waals surface area contributed by atoms with E-state index in [0.717, 1.165) is 24.4 Å². The number of benzene rings is 2. The average Bonchev–Trinajstić information content (AvgIpc) is 2.79. The molecule has 7 nitrogen and oxygen atoms in total. The van der Waals surface area contributed by atoms with Gasteiger partial charge in [0.1, 0.15) is 5.75 Å². The first kappa shape index (κ1) is 23.8. The van der Waals surface area contributed by atoms with E-state index in [1.165, 1.54) is 0 Å². The number of morpholine rings is 1. The molecular weight excluding hydrogens is 406 g/mol. The van der Waals surface area contributed by atoms with Gasteiger partial charge in [0.15, 0.2) is 0 Å². The van der Waals surface area contributed by atoms with Crippen molar-refractivity contribution in [3.05, 3.63) is 59.7 Å². The summed E-state index contributed by atoms with van der Waals surface area (Å²) >= 11 is 0. The molecule has 1 saturated heterocycles. The minimum atomic E-state index is -0.512. The van der Waals surface area contributed by atoms with Gasteiger partial charge >= 0.3 is 0 Å². The van der Waals surface area contributed by atoms with Crippen LogP contribution < -0.4 is 15.4 Å². The van der Waals surface area contributed by atoms with Crippen molar-refractivity contribution >= 4 is 17.5 Å². The van der Waals surface area contributed by atoms with Crippen molar-refractivity contribution in [2.75, 3.05) is 45.3 Å². The first-order valence-corrected chi connectivity index (χ1v) is 10.9. The molecule has 0 bridgehead atoms. The number of nitrogens with zero attached hydrogens (tertiary/aromatic N) is 1. The number of rotatable bonds is 7. The van der Waals surface area contributed by atoms with Crippen LogP contribution in [0.3, 0.4) is 0 Å². The predicted octanol–water partition coefficient (Wildman–Crippen LogP) is 3.48. The van der Waals surface area contributed by atoms with Gasteiger partial charge in [-0.3, -0.25) is 14.5 Å². The topological polar surface area (TPSA) is 79.9 Å². The normalized spacial score (nSPS) is 15.6. The summed E-state index contributed by atoms with van der Waals surface area (Å²) < 4.78 is 10.8. The molecule has 0 aromatic heterocycles. The van der Waals surface area contributed by atoms with Crippen molar-refractivity contribution in [2.24, 2.45) is 5.41 Å². The second-order valence-electron chi connectivity index (χ2n) is 8.93. The zero-order valence-corrected chi connectivity index (χ0v) is 19.3. The number of methoxy groups -OCH3 is 1. The molecular formula is C25H33N3O4. The maximum atomic E-state index is 12.9. The molecule has 0 radical (unpaired) electrons. The summed E-state index contributed by atoms with van der Waals surface area (Å²) in [5.41, 5.74) is 1.71. The third-order valence-electron chi connectivity index (χ3n) is 5.51. The molecule has 2 aromatic rings. The van der Waals surface area contributed by atoms with E-state index in [0.29, 0.717) is 31.0 Å². The molecule has 0 unspecified atom stereocenters. The SMILES string of the molecule is COc1ccc([C@@H](CNC(=O)c2cccc(NC(=O)C(C)(C)C)c2)N2CCOCC2)cc1. The van der Waals surface area contributed by atoms with Crippen LogP contribution in [0.5, 0.6) is 5.75 Å². The van der Waals surface area contributed by atoms with E-state index in [1.807, 2.05) is 45.0 Å². The molecule has 0 aliphatic carbocycles. The fraction of sp³-hybridized carbons (Fsp3) is 0.440. The van der Waals surface area contributed by atoms with Crippen LogP contribution in [-0.4, -0.2) is 56.7 Å². The van der Waals surface area contributed by atoms with Gasteiger partial charge in [-0.25, -0.2) is 0 Å². The Bertz CT molecular complexity index is 916. The Kier molecular flexibility index (Phi) is 7.88. The Morgan fingerprint density at radius 2 is 1.78 bits per heavy atom. The molecule has 2 aromatic carbocycles. The van der Waals surface area contributed by atoms with Crippen LogP contribution in [0.15, 0.2) is 48.5 Å². The molecule has 2 N–H and O–H groups in total. The molecule has 0 saturated carbocycles. The number of amides is 2. The van der Waals surface area contributed by atoms with E-state index >= 15 is 0 Å². The zero-order chi connectivity index (χ0) is 23.1. The summed E-state index contributed by atoms with van der Waals surface area (Å²) in [6.45, 7) is 8.98. The zero-order valence-electron chi connectivity index (χ0n) is 19.3. The Morgan fingerprint density at radius 1 is 1.09 bits per heavy atom. The Morgan fingerprint density at radius 3 is 2.41 bits per heavy atom. The molecule has 7 heteroatoms. The molecule has 3 rings (SSSR count). The first-order valence-electron chi connectivity index (χ1n) is 10.9. The van der Waals surface area contributed by atoms with Gasteiger partial charge < -0.3 is 20.1 Å². The van der Waals surface area contributed by atoms with E-state index < -0.39 is 5.41 Å². The number of carbonyl (C=O) groups is 2. The van der Waals surface area contributed by atoms with Crippen LogP contribution in [0.25, 0.3) is 0 Å². The molecule has 1 heterocycles. The molecule has 1 fully saturated rings. The van der Waals surface area contributed by atoms with Crippen molar-refractivity contribution in [2.45, 2.75) is 26.8 Å². The van der Waals surface area contributed by atoms with E-state index in [2.05, 4.69) is 15.5 Å². The first-order chi connectivity index (χ1) is 15.3. The van der Waals surface area contributed by atoms with Gasteiger partial charge in [-0.15, -0.1) is 0 Å². The molecule has 172 valence electrons. The van der Waals surface area contributed by atoms with Crippen LogP contribution in [0.1, 0.15) is 42.7 Å². The predicted molar refractivity (Wildman–Crippen MR) is 125 cm³/mol. The van der Waals surface area contributed by atoms with Gasteiger partial charge in [0.25, 0.3) is 5.91 Å². The molecule has 1 aliphatic heterocycles. The second-order valence-corrected chi connectivity index (χ2v) is 8.93. The maximum absolute atomic E-state index is 12.9. The Balaban J connectivity index is 1.70. The van der Waals surface area contributed by atoms with Crippen molar-refractivity contribution in [1.82, 2.24) is 10.2 Å². The Hall–Kier alpha value is -2.90. The third kappa shape index (κ3) is 6.31. The second kappa shape index (κ2) is 10.6. The summed E-state index contributed by atoms with van der Waals surface area (Å²) in [7, 11) is 1.65.